The van der Waals surface area contributed by atoms with Gasteiger partial charge in [-0.1, -0.05) is 326 Å². The summed E-state index contributed by atoms with van der Waals surface area (Å²) < 4.78 is 0. The Bertz CT molecular complexity index is 1060. The molecular weight excluding hydrogens is 835 g/mol. The molecule has 0 bridgehead atoms. The van der Waals surface area contributed by atoms with Crippen LogP contribution in [0.3, 0.4) is 0 Å². The zero-order valence-electron chi connectivity index (χ0n) is 46.0. The van der Waals surface area contributed by atoms with Crippen molar-refractivity contribution in [3.05, 3.63) is 36.5 Å². The van der Waals surface area contributed by atoms with Crippen molar-refractivity contribution < 1.29 is 20.1 Å². The third-order valence-electron chi connectivity index (χ3n) is 14.5. The lowest BCUT2D eigenvalue weighted by Crippen LogP contribution is -2.48. The van der Waals surface area contributed by atoms with E-state index in [4.69, 9.17) is 0 Å². The molecule has 0 saturated carbocycles. The molecule has 1 amide bonds. The van der Waals surface area contributed by atoms with E-state index in [1.54, 1.807) is 6.08 Å². The summed E-state index contributed by atoms with van der Waals surface area (Å²) >= 11 is 0. The number of aliphatic hydroxyl groups is 3. The molecule has 0 aliphatic rings. The highest BCUT2D eigenvalue weighted by Crippen LogP contribution is 2.18. The van der Waals surface area contributed by atoms with Crippen molar-refractivity contribution in [3.8, 4) is 0 Å². The Balaban J connectivity index is 3.56. The first-order valence-corrected chi connectivity index (χ1v) is 30.8. The molecule has 0 aliphatic carbocycles. The van der Waals surface area contributed by atoms with Gasteiger partial charge in [-0.2, -0.15) is 0 Å². The fourth-order valence-electron chi connectivity index (χ4n) is 9.69. The zero-order valence-corrected chi connectivity index (χ0v) is 46.0. The normalized spacial score (nSPS) is 13.4. The van der Waals surface area contributed by atoms with Gasteiger partial charge in [0.15, 0.2) is 0 Å². The average Bonchev–Trinajstić information content (AvgIpc) is 3.34. The van der Waals surface area contributed by atoms with Crippen molar-refractivity contribution in [2.45, 2.75) is 353 Å². The summed E-state index contributed by atoms with van der Waals surface area (Å²) in [5.41, 5.74) is 0. The smallest absolute Gasteiger partial charge is 0.249 e. The van der Waals surface area contributed by atoms with Gasteiger partial charge in [-0.25, -0.2) is 0 Å². The van der Waals surface area contributed by atoms with Crippen molar-refractivity contribution in [2.24, 2.45) is 0 Å². The van der Waals surface area contributed by atoms with Gasteiger partial charge >= 0.3 is 0 Å². The van der Waals surface area contributed by atoms with Crippen LogP contribution in [0, 0.1) is 0 Å². The molecule has 0 aromatic carbocycles. The van der Waals surface area contributed by atoms with Crippen LogP contribution in [0.25, 0.3) is 0 Å². The molecule has 0 rings (SSSR count). The second-order valence-corrected chi connectivity index (χ2v) is 21.3. The fourth-order valence-corrected chi connectivity index (χ4v) is 9.69. The quantitative estimate of drug-likeness (QED) is 0.0361. The lowest BCUT2D eigenvalue weighted by atomic mass is 10.0. The maximum atomic E-state index is 12.6. The van der Waals surface area contributed by atoms with E-state index >= 15 is 0 Å². The van der Waals surface area contributed by atoms with Crippen LogP contribution >= 0.6 is 0 Å². The van der Waals surface area contributed by atoms with E-state index in [0.29, 0.717) is 6.42 Å². The Morgan fingerprint density at radius 3 is 0.897 bits per heavy atom. The summed E-state index contributed by atoms with van der Waals surface area (Å²) in [6, 6.07) is -0.821. The highest BCUT2D eigenvalue weighted by Gasteiger charge is 2.22. The number of allylic oxidation sites excluding steroid dienone is 5. The van der Waals surface area contributed by atoms with Crippen LogP contribution in [0.2, 0.25) is 0 Å². The summed E-state index contributed by atoms with van der Waals surface area (Å²) in [5.74, 6) is -0.511. The fraction of sp³-hybridized carbons (Fsp3) is 0.889. The molecule has 68 heavy (non-hydrogen) atoms. The monoisotopic (exact) mass is 956 g/mol. The highest BCUT2D eigenvalue weighted by atomic mass is 16.3. The zero-order chi connectivity index (χ0) is 49.3. The lowest BCUT2D eigenvalue weighted by Gasteiger charge is -2.21. The third kappa shape index (κ3) is 52.4. The summed E-state index contributed by atoms with van der Waals surface area (Å²) in [6.07, 6.45) is 76.8. The van der Waals surface area contributed by atoms with Crippen LogP contribution in [0.15, 0.2) is 36.5 Å². The van der Waals surface area contributed by atoms with Gasteiger partial charge in [0.2, 0.25) is 5.91 Å². The maximum absolute atomic E-state index is 12.6. The molecule has 402 valence electrons. The summed E-state index contributed by atoms with van der Waals surface area (Å²) in [6.45, 7) is 4.21. The van der Waals surface area contributed by atoms with E-state index in [9.17, 15) is 20.1 Å². The molecule has 0 aromatic heterocycles. The van der Waals surface area contributed by atoms with Crippen LogP contribution in [-0.4, -0.2) is 46.1 Å². The minimum Gasteiger partial charge on any atom is -0.394 e. The van der Waals surface area contributed by atoms with Gasteiger partial charge in [-0.3, -0.25) is 4.79 Å². The van der Waals surface area contributed by atoms with Crippen molar-refractivity contribution in [1.29, 1.82) is 0 Å². The van der Waals surface area contributed by atoms with Crippen LogP contribution in [0.4, 0.5) is 0 Å². The van der Waals surface area contributed by atoms with E-state index in [1.807, 2.05) is 6.08 Å². The van der Waals surface area contributed by atoms with Gasteiger partial charge in [0.25, 0.3) is 0 Å². The minimum atomic E-state index is -1.11. The Labute approximate surface area is 425 Å². The Morgan fingerprint density at radius 1 is 0.353 bits per heavy atom. The van der Waals surface area contributed by atoms with E-state index < -0.39 is 24.2 Å². The number of carbonyl (C=O) groups excluding carboxylic acids is 1. The second-order valence-electron chi connectivity index (χ2n) is 21.3. The van der Waals surface area contributed by atoms with E-state index in [1.165, 1.54) is 270 Å². The molecule has 3 unspecified atom stereocenters. The first kappa shape index (κ1) is 66.6. The first-order chi connectivity index (χ1) is 33.6. The third-order valence-corrected chi connectivity index (χ3v) is 14.5. The number of aliphatic hydroxyl groups excluding tert-OH is 3. The van der Waals surface area contributed by atoms with Gasteiger partial charge in [-0.15, -0.1) is 0 Å². The van der Waals surface area contributed by atoms with Crippen LogP contribution in [-0.2, 0) is 4.79 Å². The summed E-state index contributed by atoms with van der Waals surface area (Å²) in [7, 11) is 0. The molecule has 5 nitrogen and oxygen atoms in total. The maximum Gasteiger partial charge on any atom is 0.249 e. The van der Waals surface area contributed by atoms with Crippen LogP contribution in [0.1, 0.15) is 335 Å². The van der Waals surface area contributed by atoms with E-state index in [-0.39, 0.29) is 6.61 Å². The predicted octanol–water partition coefficient (Wildman–Crippen LogP) is 19.4. The molecule has 0 radical (unpaired) electrons. The molecule has 0 fully saturated rings. The number of amides is 1. The van der Waals surface area contributed by atoms with Gasteiger partial charge in [-0.05, 0) is 44.9 Å². The Kier molecular flexibility index (Phi) is 56.9. The SMILES string of the molecule is CCCCCCCCCCCCCCCC/C=C/CC/C=C/CC/C=C/C(O)C(CO)NC(=O)C(O)CCCCCCCCCCCCCCCCCCCCCCCCCCCCCCCC. The largest absolute Gasteiger partial charge is 0.394 e. The summed E-state index contributed by atoms with van der Waals surface area (Å²) in [4.78, 5) is 12.6. The predicted molar refractivity (Wildman–Crippen MR) is 301 cm³/mol. The van der Waals surface area contributed by atoms with E-state index in [0.717, 1.165) is 44.9 Å². The van der Waals surface area contributed by atoms with Crippen molar-refractivity contribution in [3.63, 3.8) is 0 Å². The van der Waals surface area contributed by atoms with Crippen molar-refractivity contribution >= 4 is 5.91 Å². The lowest BCUT2D eigenvalue weighted by molar-refractivity contribution is -0.131. The Morgan fingerprint density at radius 2 is 0.603 bits per heavy atom. The topological polar surface area (TPSA) is 89.8 Å². The molecule has 0 spiro atoms. The molecule has 5 heteroatoms. The molecule has 4 N–H and O–H groups in total. The molecular formula is C63H121NO4. The van der Waals surface area contributed by atoms with Gasteiger partial charge in [0.05, 0.1) is 18.8 Å². The summed E-state index contributed by atoms with van der Waals surface area (Å²) in [5, 5.41) is 33.4. The van der Waals surface area contributed by atoms with E-state index in [2.05, 4.69) is 43.5 Å². The number of carbonyl (C=O) groups is 1. The van der Waals surface area contributed by atoms with Crippen LogP contribution < -0.4 is 5.32 Å². The van der Waals surface area contributed by atoms with Crippen molar-refractivity contribution in [2.75, 3.05) is 6.61 Å². The number of hydrogen-bond donors (Lipinski definition) is 4. The number of hydrogen-bond acceptors (Lipinski definition) is 4. The Hall–Kier alpha value is -1.43. The van der Waals surface area contributed by atoms with Gasteiger partial charge < -0.3 is 20.6 Å². The number of rotatable bonds is 57. The molecule has 0 aromatic rings. The average molecular weight is 957 g/mol. The van der Waals surface area contributed by atoms with Crippen molar-refractivity contribution in [1.82, 2.24) is 5.32 Å². The first-order valence-electron chi connectivity index (χ1n) is 30.8. The molecule has 0 heterocycles. The highest BCUT2D eigenvalue weighted by molar-refractivity contribution is 5.80. The standard InChI is InChI=1S/C63H121NO4/c1-3-5-7-9-11-13-15-17-19-21-23-25-27-29-30-31-32-33-34-36-38-40-42-44-46-48-50-52-54-56-58-62(67)63(68)64-60(59-65)61(66)57-55-53-51-49-47-45-43-41-39-37-35-28-26-24-22-20-18-16-14-12-10-8-6-4-2/h39,41,47,49,55,57,60-62,65-67H,3-38,40,42-46,48,50-54,56,58-59H2,1-2H3,(H,64,68)/b41-39+,49-47+,57-55+. The minimum absolute atomic E-state index is 0.379. The molecule has 0 aliphatic heterocycles. The van der Waals surface area contributed by atoms with Gasteiger partial charge in [0.1, 0.15) is 6.10 Å². The molecule has 0 saturated heterocycles. The number of unbranched alkanes of at least 4 members (excludes halogenated alkanes) is 45. The van der Waals surface area contributed by atoms with Gasteiger partial charge in [0, 0.05) is 0 Å². The molecule has 3 atom stereocenters. The number of nitrogens with one attached hydrogen (secondary N) is 1. The second kappa shape index (κ2) is 58.1. The van der Waals surface area contributed by atoms with Crippen LogP contribution in [0.5, 0.6) is 0 Å².